The first kappa shape index (κ1) is 12.5. The van der Waals surface area contributed by atoms with Gasteiger partial charge >= 0.3 is 0 Å². The van der Waals surface area contributed by atoms with Gasteiger partial charge in [-0.1, -0.05) is 32.0 Å². The molecule has 1 N–H and O–H groups in total. The van der Waals surface area contributed by atoms with E-state index >= 15 is 0 Å². The van der Waals surface area contributed by atoms with Crippen LogP contribution in [-0.4, -0.2) is 29.2 Å². The van der Waals surface area contributed by atoms with E-state index in [1.807, 2.05) is 12.1 Å². The topological polar surface area (TPSA) is 23.5 Å². The summed E-state index contributed by atoms with van der Waals surface area (Å²) < 4.78 is 13.5. The van der Waals surface area contributed by atoms with Gasteiger partial charge < -0.3 is 5.11 Å². The first-order valence-electron chi connectivity index (χ1n) is 6.13. The SMILES string of the molecule is CC1(C)CN(Cc2ccccc2F)CCC1O. The van der Waals surface area contributed by atoms with Gasteiger partial charge in [0.1, 0.15) is 5.82 Å². The number of rotatable bonds is 2. The number of piperidine rings is 1. The molecule has 1 unspecified atom stereocenters. The lowest BCUT2D eigenvalue weighted by atomic mass is 9.81. The van der Waals surface area contributed by atoms with E-state index in [4.69, 9.17) is 0 Å². The molecule has 2 rings (SSSR count). The van der Waals surface area contributed by atoms with Crippen molar-refractivity contribution >= 4 is 0 Å². The van der Waals surface area contributed by atoms with Crippen molar-refractivity contribution in [2.75, 3.05) is 13.1 Å². The summed E-state index contributed by atoms with van der Waals surface area (Å²) in [6.07, 6.45) is 0.515. The van der Waals surface area contributed by atoms with E-state index < -0.39 is 0 Å². The Morgan fingerprint density at radius 2 is 2.12 bits per heavy atom. The molecule has 0 radical (unpaired) electrons. The molecule has 0 amide bonds. The van der Waals surface area contributed by atoms with E-state index in [2.05, 4.69) is 18.7 Å². The van der Waals surface area contributed by atoms with Gasteiger partial charge in [-0.15, -0.1) is 0 Å². The van der Waals surface area contributed by atoms with Crippen LogP contribution in [0.2, 0.25) is 0 Å². The number of aliphatic hydroxyl groups excluding tert-OH is 1. The normalized spacial score (nSPS) is 24.8. The number of hydrogen-bond acceptors (Lipinski definition) is 2. The molecule has 17 heavy (non-hydrogen) atoms. The summed E-state index contributed by atoms with van der Waals surface area (Å²) in [5, 5.41) is 9.87. The maximum absolute atomic E-state index is 13.5. The fourth-order valence-corrected chi connectivity index (χ4v) is 2.46. The third-order valence-corrected chi connectivity index (χ3v) is 3.60. The van der Waals surface area contributed by atoms with Crippen molar-refractivity contribution in [1.82, 2.24) is 4.90 Å². The van der Waals surface area contributed by atoms with Gasteiger partial charge in [-0.25, -0.2) is 4.39 Å². The summed E-state index contributed by atoms with van der Waals surface area (Å²) in [5.74, 6) is -0.142. The Bertz CT molecular complexity index is 392. The van der Waals surface area contributed by atoms with Crippen LogP contribution >= 0.6 is 0 Å². The number of likely N-dealkylation sites (tertiary alicyclic amines) is 1. The zero-order valence-electron chi connectivity index (χ0n) is 10.5. The molecule has 1 saturated heterocycles. The van der Waals surface area contributed by atoms with Gasteiger partial charge in [0.15, 0.2) is 0 Å². The first-order valence-corrected chi connectivity index (χ1v) is 6.13. The van der Waals surface area contributed by atoms with E-state index in [-0.39, 0.29) is 17.3 Å². The van der Waals surface area contributed by atoms with Crippen LogP contribution in [-0.2, 0) is 6.54 Å². The highest BCUT2D eigenvalue weighted by Crippen LogP contribution is 2.30. The maximum Gasteiger partial charge on any atom is 0.127 e. The molecule has 3 heteroatoms. The van der Waals surface area contributed by atoms with Gasteiger partial charge in [0.25, 0.3) is 0 Å². The lowest BCUT2D eigenvalue weighted by Gasteiger charge is -2.41. The average Bonchev–Trinajstić information content (AvgIpc) is 2.26. The number of hydrogen-bond donors (Lipinski definition) is 1. The smallest absolute Gasteiger partial charge is 0.127 e. The second-order valence-corrected chi connectivity index (χ2v) is 5.60. The quantitative estimate of drug-likeness (QED) is 0.854. The van der Waals surface area contributed by atoms with Crippen molar-refractivity contribution in [3.63, 3.8) is 0 Å². The summed E-state index contributed by atoms with van der Waals surface area (Å²) in [5.41, 5.74) is 0.628. The molecule has 0 spiro atoms. The Balaban J connectivity index is 2.04. The van der Waals surface area contributed by atoms with Crippen LogP contribution in [0.4, 0.5) is 4.39 Å². The monoisotopic (exact) mass is 237 g/mol. The lowest BCUT2D eigenvalue weighted by Crippen LogP contribution is -2.48. The fourth-order valence-electron chi connectivity index (χ4n) is 2.46. The van der Waals surface area contributed by atoms with Crippen LogP contribution in [0.3, 0.4) is 0 Å². The van der Waals surface area contributed by atoms with Crippen LogP contribution < -0.4 is 0 Å². The molecule has 2 nitrogen and oxygen atoms in total. The Kier molecular flexibility index (Phi) is 3.50. The van der Waals surface area contributed by atoms with E-state index in [1.54, 1.807) is 6.07 Å². The molecule has 0 aliphatic carbocycles. The van der Waals surface area contributed by atoms with Crippen molar-refractivity contribution in [3.8, 4) is 0 Å². The van der Waals surface area contributed by atoms with E-state index in [9.17, 15) is 9.50 Å². The highest BCUT2D eigenvalue weighted by Gasteiger charge is 2.34. The summed E-state index contributed by atoms with van der Waals surface area (Å²) in [6.45, 7) is 6.39. The van der Waals surface area contributed by atoms with E-state index in [0.717, 1.165) is 25.1 Å². The molecular formula is C14H20FNO. The summed E-state index contributed by atoms with van der Waals surface area (Å²) in [7, 11) is 0. The van der Waals surface area contributed by atoms with Crippen LogP contribution in [0.25, 0.3) is 0 Å². The molecule has 0 saturated carbocycles. The Labute approximate surface area is 102 Å². The van der Waals surface area contributed by atoms with E-state index in [0.29, 0.717) is 6.54 Å². The molecule has 94 valence electrons. The molecule has 1 aliphatic rings. The minimum absolute atomic E-state index is 0.108. The first-order chi connectivity index (χ1) is 7.99. The minimum Gasteiger partial charge on any atom is -0.392 e. The van der Waals surface area contributed by atoms with Crippen LogP contribution in [0, 0.1) is 11.2 Å². The summed E-state index contributed by atoms with van der Waals surface area (Å²) in [6, 6.07) is 6.90. The Hall–Kier alpha value is -0.930. The van der Waals surface area contributed by atoms with Crippen LogP contribution in [0.1, 0.15) is 25.8 Å². The fraction of sp³-hybridized carbons (Fsp3) is 0.571. The van der Waals surface area contributed by atoms with Crippen molar-refractivity contribution in [1.29, 1.82) is 0 Å². The van der Waals surface area contributed by atoms with Crippen molar-refractivity contribution in [2.45, 2.75) is 32.9 Å². The molecule has 0 bridgehead atoms. The third kappa shape index (κ3) is 2.85. The second-order valence-electron chi connectivity index (χ2n) is 5.60. The maximum atomic E-state index is 13.5. The lowest BCUT2D eigenvalue weighted by molar-refractivity contribution is -0.0272. The number of aliphatic hydroxyl groups is 1. The zero-order valence-corrected chi connectivity index (χ0v) is 10.5. The van der Waals surface area contributed by atoms with Crippen molar-refractivity contribution in [3.05, 3.63) is 35.6 Å². The average molecular weight is 237 g/mol. The van der Waals surface area contributed by atoms with Gasteiger partial charge in [-0.05, 0) is 12.5 Å². The van der Waals surface area contributed by atoms with Gasteiger partial charge in [0.2, 0.25) is 0 Å². The largest absolute Gasteiger partial charge is 0.392 e. The van der Waals surface area contributed by atoms with Crippen molar-refractivity contribution in [2.24, 2.45) is 5.41 Å². The standard InChI is InChI=1S/C14H20FNO/c1-14(2)10-16(8-7-13(14)17)9-11-5-3-4-6-12(11)15/h3-6,13,17H,7-10H2,1-2H3. The number of nitrogens with zero attached hydrogens (tertiary/aromatic N) is 1. The van der Waals surface area contributed by atoms with Crippen molar-refractivity contribution < 1.29 is 9.50 Å². The Morgan fingerprint density at radius 1 is 1.41 bits per heavy atom. The molecule has 1 heterocycles. The second kappa shape index (κ2) is 4.75. The predicted molar refractivity (Wildman–Crippen MR) is 66.1 cm³/mol. The molecule has 1 aromatic rings. The summed E-state index contributed by atoms with van der Waals surface area (Å²) >= 11 is 0. The number of halogens is 1. The zero-order chi connectivity index (χ0) is 12.5. The van der Waals surface area contributed by atoms with Gasteiger partial charge in [0, 0.05) is 30.6 Å². The minimum atomic E-state index is -0.251. The Morgan fingerprint density at radius 3 is 2.76 bits per heavy atom. The summed E-state index contributed by atoms with van der Waals surface area (Å²) in [4.78, 5) is 2.21. The molecular weight excluding hydrogens is 217 g/mol. The van der Waals surface area contributed by atoms with Crippen LogP contribution in [0.15, 0.2) is 24.3 Å². The third-order valence-electron chi connectivity index (χ3n) is 3.60. The number of benzene rings is 1. The molecule has 0 aromatic heterocycles. The van der Waals surface area contributed by atoms with Crippen LogP contribution in [0.5, 0.6) is 0 Å². The highest BCUT2D eigenvalue weighted by molar-refractivity contribution is 5.17. The molecule has 1 aliphatic heterocycles. The highest BCUT2D eigenvalue weighted by atomic mass is 19.1. The van der Waals surface area contributed by atoms with Gasteiger partial charge in [0.05, 0.1) is 6.10 Å². The molecule has 1 fully saturated rings. The molecule has 1 atom stereocenters. The van der Waals surface area contributed by atoms with E-state index in [1.165, 1.54) is 6.07 Å². The predicted octanol–water partition coefficient (Wildman–Crippen LogP) is 2.42. The van der Waals surface area contributed by atoms with Gasteiger partial charge in [-0.2, -0.15) is 0 Å². The molecule has 1 aromatic carbocycles. The van der Waals surface area contributed by atoms with Gasteiger partial charge in [-0.3, -0.25) is 4.90 Å².